The molecule has 27 heavy (non-hydrogen) atoms. The summed E-state index contributed by atoms with van der Waals surface area (Å²) < 4.78 is 3.91. The summed E-state index contributed by atoms with van der Waals surface area (Å²) in [5, 5.41) is 20.4. The molecule has 0 fully saturated rings. The van der Waals surface area contributed by atoms with Gasteiger partial charge in [-0.05, 0) is 69.4 Å². The number of rotatable bonds is 3. The van der Waals surface area contributed by atoms with Crippen molar-refractivity contribution in [2.75, 3.05) is 0 Å². The van der Waals surface area contributed by atoms with Crippen LogP contribution in [0, 0.1) is 34.6 Å². The number of aromatic hydroxyl groups is 1. The molecule has 0 spiro atoms. The van der Waals surface area contributed by atoms with E-state index in [2.05, 4.69) is 45.0 Å². The summed E-state index contributed by atoms with van der Waals surface area (Å²) in [6, 6.07) is 8.27. The molecule has 0 aliphatic carbocycles. The van der Waals surface area contributed by atoms with Gasteiger partial charge >= 0.3 is 0 Å². The van der Waals surface area contributed by atoms with Crippen molar-refractivity contribution in [1.82, 2.24) is 19.6 Å². The van der Waals surface area contributed by atoms with Crippen molar-refractivity contribution in [1.29, 1.82) is 0 Å². The van der Waals surface area contributed by atoms with Crippen LogP contribution in [0.15, 0.2) is 24.3 Å². The molecule has 3 aromatic rings. The first kappa shape index (κ1) is 19.2. The van der Waals surface area contributed by atoms with E-state index in [0.717, 1.165) is 33.9 Å². The van der Waals surface area contributed by atoms with Crippen LogP contribution in [0.3, 0.4) is 0 Å². The van der Waals surface area contributed by atoms with Gasteiger partial charge in [0.2, 0.25) is 0 Å². The zero-order valence-electron chi connectivity index (χ0n) is 17.6. The van der Waals surface area contributed by atoms with Gasteiger partial charge in [0.05, 0.1) is 11.4 Å². The molecule has 5 nitrogen and oxygen atoms in total. The zero-order chi connectivity index (χ0) is 20.1. The second-order valence-electron chi connectivity index (χ2n) is 8.60. The summed E-state index contributed by atoms with van der Waals surface area (Å²) >= 11 is 0. The lowest BCUT2D eigenvalue weighted by molar-refractivity contribution is 0.377. The minimum absolute atomic E-state index is 0.0259. The monoisotopic (exact) mass is 366 g/mol. The van der Waals surface area contributed by atoms with Crippen molar-refractivity contribution in [3.05, 3.63) is 63.7 Å². The van der Waals surface area contributed by atoms with Gasteiger partial charge in [0, 0.05) is 17.0 Å². The molecule has 0 saturated heterocycles. The molecular weight excluding hydrogens is 336 g/mol. The standard InChI is InChI=1S/C22H30N4O/c1-13-9-18(22(6,7)8)12-19(20(13)27)21(25-16(4)10-14(2)23-25)26-17(5)11-15(3)24-26/h9-12,21,27H,1-8H3. The summed E-state index contributed by atoms with van der Waals surface area (Å²) in [6.45, 7) is 16.6. The van der Waals surface area contributed by atoms with Crippen molar-refractivity contribution in [2.24, 2.45) is 0 Å². The maximum atomic E-state index is 11.0. The largest absolute Gasteiger partial charge is 0.507 e. The van der Waals surface area contributed by atoms with Crippen molar-refractivity contribution in [2.45, 2.75) is 67.0 Å². The van der Waals surface area contributed by atoms with E-state index in [0.29, 0.717) is 5.75 Å². The Bertz CT molecular complexity index is 942. The summed E-state index contributed by atoms with van der Waals surface area (Å²) in [6.07, 6.45) is -0.339. The lowest BCUT2D eigenvalue weighted by Gasteiger charge is -2.27. The van der Waals surface area contributed by atoms with Gasteiger partial charge in [0.25, 0.3) is 0 Å². The lowest BCUT2D eigenvalue weighted by atomic mass is 9.84. The van der Waals surface area contributed by atoms with Crippen LogP contribution in [0.1, 0.15) is 66.4 Å². The molecule has 1 N–H and O–H groups in total. The Morgan fingerprint density at radius 3 is 1.67 bits per heavy atom. The van der Waals surface area contributed by atoms with E-state index in [1.807, 2.05) is 44.0 Å². The SMILES string of the molecule is Cc1cc(C)n(C(c2cc(C(C)(C)C)cc(C)c2O)n2nc(C)cc2C)n1. The van der Waals surface area contributed by atoms with Gasteiger partial charge in [-0.25, -0.2) is 9.36 Å². The topological polar surface area (TPSA) is 55.9 Å². The van der Waals surface area contributed by atoms with Crippen LogP contribution in [0.2, 0.25) is 0 Å². The van der Waals surface area contributed by atoms with Crippen molar-refractivity contribution >= 4 is 0 Å². The first-order valence-electron chi connectivity index (χ1n) is 9.38. The molecule has 5 heteroatoms. The van der Waals surface area contributed by atoms with Gasteiger partial charge < -0.3 is 5.11 Å². The smallest absolute Gasteiger partial charge is 0.172 e. The van der Waals surface area contributed by atoms with E-state index in [1.165, 1.54) is 5.56 Å². The average Bonchev–Trinajstić information content (AvgIpc) is 3.04. The highest BCUT2D eigenvalue weighted by Gasteiger charge is 2.27. The van der Waals surface area contributed by atoms with E-state index in [4.69, 9.17) is 10.2 Å². The summed E-state index contributed by atoms with van der Waals surface area (Å²) in [7, 11) is 0. The normalized spacial score (nSPS) is 12.2. The first-order chi connectivity index (χ1) is 12.5. The third kappa shape index (κ3) is 3.51. The summed E-state index contributed by atoms with van der Waals surface area (Å²) in [4.78, 5) is 0. The zero-order valence-corrected chi connectivity index (χ0v) is 17.6. The Morgan fingerprint density at radius 1 is 0.815 bits per heavy atom. The molecule has 0 amide bonds. The fraction of sp³-hybridized carbons (Fsp3) is 0.455. The van der Waals surface area contributed by atoms with E-state index in [9.17, 15) is 5.11 Å². The molecule has 0 radical (unpaired) electrons. The average molecular weight is 367 g/mol. The predicted octanol–water partition coefficient (Wildman–Crippen LogP) is 4.72. The van der Waals surface area contributed by atoms with Crippen LogP contribution in [0.4, 0.5) is 0 Å². The molecule has 0 saturated carbocycles. The highest BCUT2D eigenvalue weighted by molar-refractivity contribution is 5.47. The number of benzene rings is 1. The van der Waals surface area contributed by atoms with E-state index in [1.54, 1.807) is 0 Å². The number of phenolic OH excluding ortho intramolecular Hbond substituents is 1. The Hall–Kier alpha value is -2.56. The molecule has 1 aromatic carbocycles. The minimum Gasteiger partial charge on any atom is -0.507 e. The maximum absolute atomic E-state index is 11.0. The Morgan fingerprint density at radius 2 is 1.30 bits per heavy atom. The van der Waals surface area contributed by atoms with Gasteiger partial charge in [-0.15, -0.1) is 0 Å². The van der Waals surface area contributed by atoms with Crippen LogP contribution < -0.4 is 0 Å². The lowest BCUT2D eigenvalue weighted by Crippen LogP contribution is -2.25. The van der Waals surface area contributed by atoms with Gasteiger partial charge in [0.1, 0.15) is 5.75 Å². The van der Waals surface area contributed by atoms with Gasteiger partial charge in [-0.1, -0.05) is 26.8 Å². The van der Waals surface area contributed by atoms with Gasteiger partial charge in [-0.2, -0.15) is 10.2 Å². The summed E-state index contributed by atoms with van der Waals surface area (Å²) in [5.41, 5.74) is 6.79. The van der Waals surface area contributed by atoms with Crippen molar-refractivity contribution < 1.29 is 5.11 Å². The molecule has 0 atom stereocenters. The Kier molecular flexibility index (Phi) is 4.66. The van der Waals surface area contributed by atoms with Gasteiger partial charge in [-0.3, -0.25) is 0 Å². The predicted molar refractivity (Wildman–Crippen MR) is 108 cm³/mol. The van der Waals surface area contributed by atoms with E-state index < -0.39 is 0 Å². The number of hydrogen-bond acceptors (Lipinski definition) is 3. The van der Waals surface area contributed by atoms with Crippen LogP contribution in [-0.2, 0) is 5.41 Å². The van der Waals surface area contributed by atoms with Gasteiger partial charge in [0.15, 0.2) is 6.17 Å². The van der Waals surface area contributed by atoms with Crippen molar-refractivity contribution in [3.63, 3.8) is 0 Å². The van der Waals surface area contributed by atoms with Crippen molar-refractivity contribution in [3.8, 4) is 5.75 Å². The number of hydrogen-bond donors (Lipinski definition) is 1. The van der Waals surface area contributed by atoms with Crippen LogP contribution in [0.25, 0.3) is 0 Å². The minimum atomic E-state index is -0.339. The van der Waals surface area contributed by atoms with Crippen LogP contribution in [0.5, 0.6) is 5.75 Å². The maximum Gasteiger partial charge on any atom is 0.172 e. The molecule has 2 aromatic heterocycles. The van der Waals surface area contributed by atoms with E-state index in [-0.39, 0.29) is 11.6 Å². The fourth-order valence-corrected chi connectivity index (χ4v) is 3.59. The number of phenols is 1. The molecule has 2 heterocycles. The molecule has 0 aliphatic rings. The number of nitrogens with zero attached hydrogens (tertiary/aromatic N) is 4. The van der Waals surface area contributed by atoms with Crippen LogP contribution in [-0.4, -0.2) is 24.7 Å². The van der Waals surface area contributed by atoms with E-state index >= 15 is 0 Å². The molecule has 0 bridgehead atoms. The second-order valence-corrected chi connectivity index (χ2v) is 8.60. The molecule has 144 valence electrons. The third-order valence-electron chi connectivity index (χ3n) is 5.03. The first-order valence-corrected chi connectivity index (χ1v) is 9.38. The molecule has 0 aliphatic heterocycles. The van der Waals surface area contributed by atoms with Crippen LogP contribution >= 0.6 is 0 Å². The second kappa shape index (κ2) is 6.55. The highest BCUT2D eigenvalue weighted by atomic mass is 16.3. The third-order valence-corrected chi connectivity index (χ3v) is 5.03. The number of aromatic nitrogens is 4. The Labute approximate surface area is 161 Å². The highest BCUT2D eigenvalue weighted by Crippen LogP contribution is 2.36. The summed E-state index contributed by atoms with van der Waals surface area (Å²) in [5.74, 6) is 0.299. The molecule has 0 unspecified atom stereocenters. The molecule has 3 rings (SSSR count). The Balaban J connectivity index is 2.34. The quantitative estimate of drug-likeness (QED) is 0.730. The number of aryl methyl sites for hydroxylation is 5. The molecular formula is C22H30N4O. The fourth-order valence-electron chi connectivity index (χ4n) is 3.59.